The fourth-order valence-corrected chi connectivity index (χ4v) is 2.62. The number of ether oxygens (including phenoxy) is 1. The maximum absolute atomic E-state index is 6.04. The van der Waals surface area contributed by atoms with Crippen molar-refractivity contribution in [3.63, 3.8) is 0 Å². The molecule has 0 unspecified atom stereocenters. The molecule has 0 heterocycles. The normalized spacial score (nSPS) is 11.6. The lowest BCUT2D eigenvalue weighted by atomic mass is 10.1. The van der Waals surface area contributed by atoms with Crippen LogP contribution in [-0.2, 0) is 6.42 Å². The van der Waals surface area contributed by atoms with Gasteiger partial charge in [-0.2, -0.15) is 0 Å². The van der Waals surface area contributed by atoms with Gasteiger partial charge < -0.3 is 15.4 Å². The molecule has 0 amide bonds. The van der Waals surface area contributed by atoms with Crippen LogP contribution in [0.2, 0.25) is 0 Å². The maximum atomic E-state index is 6.04. The zero-order valence-electron chi connectivity index (χ0n) is 14.4. The second kappa shape index (κ2) is 8.93. The third-order valence-corrected chi connectivity index (χ3v) is 3.34. The predicted molar refractivity (Wildman–Crippen MR) is 91.8 cm³/mol. The van der Waals surface area contributed by atoms with Gasteiger partial charge in [0, 0.05) is 19.6 Å². The number of hydrogen-bond donors (Lipinski definition) is 1. The fourth-order valence-electron chi connectivity index (χ4n) is 2.62. The van der Waals surface area contributed by atoms with Crippen molar-refractivity contribution < 1.29 is 4.74 Å². The first-order chi connectivity index (χ1) is 9.92. The van der Waals surface area contributed by atoms with E-state index < -0.39 is 0 Å². The third kappa shape index (κ3) is 6.85. The van der Waals surface area contributed by atoms with Gasteiger partial charge in [-0.15, -0.1) is 0 Å². The molecule has 2 N–H and O–H groups in total. The molecule has 0 aliphatic carbocycles. The number of anilines is 1. The van der Waals surface area contributed by atoms with Crippen LogP contribution in [0.25, 0.3) is 0 Å². The molecular formula is C18H32N2O. The van der Waals surface area contributed by atoms with E-state index in [4.69, 9.17) is 10.5 Å². The van der Waals surface area contributed by atoms with Crippen LogP contribution in [0.4, 0.5) is 5.69 Å². The highest BCUT2D eigenvalue weighted by molar-refractivity contribution is 5.54. The molecule has 0 bridgehead atoms. The van der Waals surface area contributed by atoms with E-state index in [-0.39, 0.29) is 0 Å². The predicted octanol–water partition coefficient (Wildman–Crippen LogP) is 3.82. The van der Waals surface area contributed by atoms with Gasteiger partial charge in [-0.3, -0.25) is 0 Å². The molecule has 0 fully saturated rings. The molecule has 0 spiro atoms. The second-order valence-corrected chi connectivity index (χ2v) is 6.60. The molecule has 0 saturated carbocycles. The number of hydrogen-bond acceptors (Lipinski definition) is 3. The van der Waals surface area contributed by atoms with E-state index >= 15 is 0 Å². The van der Waals surface area contributed by atoms with Crippen LogP contribution in [0.3, 0.4) is 0 Å². The van der Waals surface area contributed by atoms with Crippen LogP contribution in [0, 0.1) is 11.8 Å². The highest BCUT2D eigenvalue weighted by Crippen LogP contribution is 2.22. The molecule has 1 rings (SSSR count). The summed E-state index contributed by atoms with van der Waals surface area (Å²) in [6.07, 6.45) is 1.04. The summed E-state index contributed by atoms with van der Waals surface area (Å²) in [7, 11) is 0. The van der Waals surface area contributed by atoms with Crippen molar-refractivity contribution >= 4 is 5.69 Å². The Kier molecular flexibility index (Phi) is 7.58. The van der Waals surface area contributed by atoms with Gasteiger partial charge in [0.15, 0.2) is 0 Å². The van der Waals surface area contributed by atoms with Gasteiger partial charge in [0.1, 0.15) is 5.75 Å². The first-order valence-corrected chi connectivity index (χ1v) is 8.15. The van der Waals surface area contributed by atoms with E-state index in [2.05, 4.69) is 38.7 Å². The van der Waals surface area contributed by atoms with Crippen LogP contribution in [0.1, 0.15) is 40.2 Å². The zero-order chi connectivity index (χ0) is 15.8. The summed E-state index contributed by atoms with van der Waals surface area (Å²) in [6, 6.07) is 6.17. The minimum Gasteiger partial charge on any atom is -0.492 e. The molecule has 3 nitrogen and oxygen atoms in total. The van der Waals surface area contributed by atoms with E-state index in [9.17, 15) is 0 Å². The van der Waals surface area contributed by atoms with Gasteiger partial charge in [0.05, 0.1) is 12.3 Å². The molecular weight excluding hydrogens is 260 g/mol. The number of nitrogens with zero attached hydrogens (tertiary/aromatic N) is 1. The van der Waals surface area contributed by atoms with Crippen LogP contribution in [-0.4, -0.2) is 31.1 Å². The largest absolute Gasteiger partial charge is 0.492 e. The zero-order valence-corrected chi connectivity index (χ0v) is 14.4. The summed E-state index contributed by atoms with van der Waals surface area (Å²) in [4.78, 5) is 2.56. The summed E-state index contributed by atoms with van der Waals surface area (Å²) in [5.74, 6) is 2.20. The first kappa shape index (κ1) is 17.8. The van der Waals surface area contributed by atoms with Crippen molar-refractivity contribution in [2.24, 2.45) is 11.8 Å². The molecule has 21 heavy (non-hydrogen) atoms. The number of rotatable bonds is 9. The van der Waals surface area contributed by atoms with E-state index in [1.165, 1.54) is 5.56 Å². The monoisotopic (exact) mass is 292 g/mol. The molecule has 0 aromatic heterocycles. The summed E-state index contributed by atoms with van der Waals surface area (Å²) >= 11 is 0. The SMILES string of the molecule is CCOc1ccc(CCN(CC(C)C)CC(C)C)cc1N. The van der Waals surface area contributed by atoms with Gasteiger partial charge in [0.25, 0.3) is 0 Å². The number of benzene rings is 1. The lowest BCUT2D eigenvalue weighted by Crippen LogP contribution is -2.33. The second-order valence-electron chi connectivity index (χ2n) is 6.60. The van der Waals surface area contributed by atoms with E-state index in [1.54, 1.807) is 0 Å². The van der Waals surface area contributed by atoms with Crippen LogP contribution in [0.15, 0.2) is 18.2 Å². The molecule has 0 saturated heterocycles. The average molecular weight is 292 g/mol. The van der Waals surface area contributed by atoms with Crippen molar-refractivity contribution in [2.45, 2.75) is 41.0 Å². The Morgan fingerprint density at radius 3 is 2.19 bits per heavy atom. The van der Waals surface area contributed by atoms with Crippen LogP contribution in [0.5, 0.6) is 5.75 Å². The maximum Gasteiger partial charge on any atom is 0.142 e. The molecule has 120 valence electrons. The topological polar surface area (TPSA) is 38.5 Å². The summed E-state index contributed by atoms with van der Waals surface area (Å²) in [6.45, 7) is 15.1. The van der Waals surface area contributed by atoms with Crippen molar-refractivity contribution in [2.75, 3.05) is 32.0 Å². The number of nitrogens with two attached hydrogens (primary N) is 1. The van der Waals surface area contributed by atoms with Crippen LogP contribution < -0.4 is 10.5 Å². The van der Waals surface area contributed by atoms with Gasteiger partial charge in [-0.25, -0.2) is 0 Å². The Bertz CT molecular complexity index is 406. The van der Waals surface area contributed by atoms with E-state index in [0.29, 0.717) is 18.4 Å². The minimum absolute atomic E-state index is 0.653. The summed E-state index contributed by atoms with van der Waals surface area (Å²) in [5.41, 5.74) is 8.07. The minimum atomic E-state index is 0.653. The van der Waals surface area contributed by atoms with Crippen molar-refractivity contribution in [3.8, 4) is 5.75 Å². The van der Waals surface area contributed by atoms with Gasteiger partial charge in [0.2, 0.25) is 0 Å². The Morgan fingerprint density at radius 1 is 1.10 bits per heavy atom. The lowest BCUT2D eigenvalue weighted by molar-refractivity contribution is 0.222. The number of nitrogen functional groups attached to an aromatic ring is 1. The highest BCUT2D eigenvalue weighted by atomic mass is 16.5. The smallest absolute Gasteiger partial charge is 0.142 e. The average Bonchev–Trinajstić information content (AvgIpc) is 2.38. The molecule has 0 radical (unpaired) electrons. The van der Waals surface area contributed by atoms with Gasteiger partial charge in [-0.1, -0.05) is 33.8 Å². The first-order valence-electron chi connectivity index (χ1n) is 8.15. The van der Waals surface area contributed by atoms with E-state index in [0.717, 1.165) is 37.5 Å². The Hall–Kier alpha value is -1.22. The molecule has 0 atom stereocenters. The van der Waals surface area contributed by atoms with Gasteiger partial charge >= 0.3 is 0 Å². The summed E-state index contributed by atoms with van der Waals surface area (Å²) in [5, 5.41) is 0. The quantitative estimate of drug-likeness (QED) is 0.703. The third-order valence-electron chi connectivity index (χ3n) is 3.34. The molecule has 1 aromatic carbocycles. The molecule has 3 heteroatoms. The van der Waals surface area contributed by atoms with Crippen molar-refractivity contribution in [1.29, 1.82) is 0 Å². The van der Waals surface area contributed by atoms with Gasteiger partial charge in [-0.05, 0) is 42.9 Å². The molecule has 1 aromatic rings. The lowest BCUT2D eigenvalue weighted by Gasteiger charge is -2.26. The fraction of sp³-hybridized carbons (Fsp3) is 0.667. The standard InChI is InChI=1S/C18H32N2O/c1-6-21-18-8-7-16(11-17(18)19)9-10-20(12-14(2)3)13-15(4)5/h7-8,11,14-15H,6,9-10,12-13,19H2,1-5H3. The van der Waals surface area contributed by atoms with E-state index in [1.807, 2.05) is 19.1 Å². The van der Waals surface area contributed by atoms with Crippen LogP contribution >= 0.6 is 0 Å². The Morgan fingerprint density at radius 2 is 1.71 bits per heavy atom. The molecule has 0 aliphatic rings. The van der Waals surface area contributed by atoms with Crippen molar-refractivity contribution in [3.05, 3.63) is 23.8 Å². The summed E-state index contributed by atoms with van der Waals surface area (Å²) < 4.78 is 5.49. The Balaban J connectivity index is 2.60. The Labute approximate surface area is 130 Å². The molecule has 0 aliphatic heterocycles. The van der Waals surface area contributed by atoms with Crippen molar-refractivity contribution in [1.82, 2.24) is 4.90 Å². The highest BCUT2D eigenvalue weighted by Gasteiger charge is 2.10.